The number of rotatable bonds is 2. The molecule has 0 N–H and O–H groups in total. The molecule has 0 radical (unpaired) electrons. The molecule has 0 amide bonds. The van der Waals surface area contributed by atoms with Crippen molar-refractivity contribution in [3.63, 3.8) is 0 Å². The monoisotopic (exact) mass is 116 g/mol. The van der Waals surface area contributed by atoms with Crippen molar-refractivity contribution in [1.29, 1.82) is 0 Å². The summed E-state index contributed by atoms with van der Waals surface area (Å²) in [5.41, 5.74) is 1.16. The van der Waals surface area contributed by atoms with Gasteiger partial charge in [0.15, 0.2) is 0 Å². The first-order chi connectivity index (χ1) is 3.43. The van der Waals surface area contributed by atoms with E-state index in [2.05, 4.69) is 6.92 Å². The highest BCUT2D eigenvalue weighted by Gasteiger charge is 2.14. The molecule has 1 fully saturated rings. The average molecular weight is 116 g/mol. The van der Waals surface area contributed by atoms with Crippen LogP contribution in [0.1, 0.15) is 26.2 Å². The predicted molar refractivity (Wildman–Crippen MR) is 36.5 cm³/mol. The van der Waals surface area contributed by atoms with E-state index in [9.17, 15) is 0 Å². The minimum absolute atomic E-state index is 1.16. The Morgan fingerprint density at radius 2 is 2.43 bits per heavy atom. The van der Waals surface area contributed by atoms with E-state index in [1.807, 2.05) is 0 Å². The molecule has 42 valence electrons. The molecule has 0 aliphatic carbocycles. The van der Waals surface area contributed by atoms with Gasteiger partial charge < -0.3 is 0 Å². The highest BCUT2D eigenvalue weighted by molar-refractivity contribution is 7.40. The highest BCUT2D eigenvalue weighted by atomic mass is 31.1. The Morgan fingerprint density at radius 1 is 1.71 bits per heavy atom. The molecular formula is C6H13P. The molecule has 0 aromatic carbocycles. The largest absolute Gasteiger partial charge is 0.119 e. The zero-order valence-electron chi connectivity index (χ0n) is 4.91. The fourth-order valence-electron chi connectivity index (χ4n) is 0.943. The van der Waals surface area contributed by atoms with Crippen molar-refractivity contribution < 1.29 is 0 Å². The zero-order chi connectivity index (χ0) is 5.11. The van der Waals surface area contributed by atoms with Crippen molar-refractivity contribution in [2.75, 3.05) is 6.16 Å². The molecule has 0 saturated carbocycles. The van der Waals surface area contributed by atoms with Crippen molar-refractivity contribution >= 4 is 8.58 Å². The lowest BCUT2D eigenvalue weighted by Gasteiger charge is -2.24. The minimum Gasteiger partial charge on any atom is -0.119 e. The first-order valence-electron chi connectivity index (χ1n) is 3.17. The SMILES string of the molecule is CCCC1CCP1. The van der Waals surface area contributed by atoms with E-state index in [-0.39, 0.29) is 0 Å². The molecule has 0 nitrogen and oxygen atoms in total. The van der Waals surface area contributed by atoms with Crippen LogP contribution in [0.3, 0.4) is 0 Å². The van der Waals surface area contributed by atoms with E-state index < -0.39 is 0 Å². The quantitative estimate of drug-likeness (QED) is 0.485. The maximum Gasteiger partial charge on any atom is -0.0233 e. The van der Waals surface area contributed by atoms with Crippen LogP contribution in [0.2, 0.25) is 0 Å². The Hall–Kier alpha value is 0.430. The van der Waals surface area contributed by atoms with Crippen LogP contribution in [0.5, 0.6) is 0 Å². The highest BCUT2D eigenvalue weighted by Crippen LogP contribution is 2.37. The van der Waals surface area contributed by atoms with Gasteiger partial charge in [0.1, 0.15) is 0 Å². The van der Waals surface area contributed by atoms with Crippen molar-refractivity contribution in [1.82, 2.24) is 0 Å². The van der Waals surface area contributed by atoms with Crippen molar-refractivity contribution in [2.45, 2.75) is 31.8 Å². The lowest BCUT2D eigenvalue weighted by Crippen LogP contribution is -2.11. The third kappa shape index (κ3) is 1.42. The summed E-state index contributed by atoms with van der Waals surface area (Å²) >= 11 is 0. The lowest BCUT2D eigenvalue weighted by molar-refractivity contribution is 0.684. The predicted octanol–water partition coefficient (Wildman–Crippen LogP) is 2.24. The summed E-state index contributed by atoms with van der Waals surface area (Å²) in [6.07, 6.45) is 5.97. The molecular weight excluding hydrogens is 103 g/mol. The maximum atomic E-state index is 2.28. The van der Waals surface area contributed by atoms with Crippen molar-refractivity contribution in [3.05, 3.63) is 0 Å². The van der Waals surface area contributed by atoms with Gasteiger partial charge in [0.25, 0.3) is 0 Å². The molecule has 1 heteroatoms. The van der Waals surface area contributed by atoms with E-state index in [4.69, 9.17) is 0 Å². The third-order valence-electron chi connectivity index (χ3n) is 1.56. The van der Waals surface area contributed by atoms with Gasteiger partial charge in [0.05, 0.1) is 0 Å². The smallest absolute Gasteiger partial charge is 0.0233 e. The summed E-state index contributed by atoms with van der Waals surface area (Å²) in [5.74, 6) is 0. The van der Waals surface area contributed by atoms with Gasteiger partial charge in [-0.1, -0.05) is 13.3 Å². The summed E-state index contributed by atoms with van der Waals surface area (Å²) in [5, 5.41) is 0. The van der Waals surface area contributed by atoms with E-state index in [0.717, 1.165) is 5.66 Å². The normalized spacial score (nSPS) is 33.0. The Morgan fingerprint density at radius 3 is 2.57 bits per heavy atom. The average Bonchev–Trinajstić information content (AvgIpc) is 1.55. The number of hydrogen-bond donors (Lipinski definition) is 0. The second kappa shape index (κ2) is 2.67. The van der Waals surface area contributed by atoms with Crippen LogP contribution in [0.4, 0.5) is 0 Å². The molecule has 0 bridgehead atoms. The van der Waals surface area contributed by atoms with Gasteiger partial charge in [0.2, 0.25) is 0 Å². The fraction of sp³-hybridized carbons (Fsp3) is 1.00. The molecule has 1 heterocycles. The van der Waals surface area contributed by atoms with E-state index in [0.29, 0.717) is 0 Å². The second-order valence-corrected chi connectivity index (χ2v) is 3.95. The second-order valence-electron chi connectivity index (χ2n) is 2.23. The summed E-state index contributed by atoms with van der Waals surface area (Å²) in [6.45, 7) is 2.28. The zero-order valence-corrected chi connectivity index (χ0v) is 5.91. The standard InChI is InChI=1S/C6H13P/c1-2-3-6-4-5-7-6/h6-7H,2-5H2,1H3. The van der Waals surface area contributed by atoms with Crippen molar-refractivity contribution in [3.8, 4) is 0 Å². The van der Waals surface area contributed by atoms with Crippen LogP contribution in [-0.2, 0) is 0 Å². The van der Waals surface area contributed by atoms with Crippen LogP contribution in [0.15, 0.2) is 0 Å². The minimum atomic E-state index is 1.16. The Kier molecular flexibility index (Phi) is 2.12. The Balaban J connectivity index is 1.93. The fourth-order valence-corrected chi connectivity index (χ4v) is 2.13. The first kappa shape index (κ1) is 5.56. The Labute approximate surface area is 47.5 Å². The molecule has 2 atom stereocenters. The summed E-state index contributed by atoms with van der Waals surface area (Å²) in [6, 6.07) is 0. The van der Waals surface area contributed by atoms with Gasteiger partial charge in [0, 0.05) is 0 Å². The van der Waals surface area contributed by atoms with Gasteiger partial charge in [-0.25, -0.2) is 0 Å². The van der Waals surface area contributed by atoms with Gasteiger partial charge in [-0.3, -0.25) is 0 Å². The van der Waals surface area contributed by atoms with Gasteiger partial charge in [-0.2, -0.15) is 0 Å². The van der Waals surface area contributed by atoms with Crippen LogP contribution in [-0.4, -0.2) is 11.8 Å². The molecule has 0 aromatic heterocycles. The molecule has 1 rings (SSSR count). The summed E-state index contributed by atoms with van der Waals surface area (Å²) < 4.78 is 0. The molecule has 7 heavy (non-hydrogen) atoms. The van der Waals surface area contributed by atoms with E-state index >= 15 is 0 Å². The summed E-state index contributed by atoms with van der Waals surface area (Å²) in [4.78, 5) is 0. The molecule has 1 aliphatic heterocycles. The molecule has 1 aliphatic rings. The lowest BCUT2D eigenvalue weighted by atomic mass is 10.2. The van der Waals surface area contributed by atoms with E-state index in [1.165, 1.54) is 34.0 Å². The van der Waals surface area contributed by atoms with Crippen LogP contribution in [0.25, 0.3) is 0 Å². The van der Waals surface area contributed by atoms with Crippen LogP contribution in [0, 0.1) is 0 Å². The van der Waals surface area contributed by atoms with Crippen LogP contribution >= 0.6 is 8.58 Å². The molecule has 1 saturated heterocycles. The van der Waals surface area contributed by atoms with Crippen molar-refractivity contribution in [2.24, 2.45) is 0 Å². The summed E-state index contributed by atoms with van der Waals surface area (Å²) in [7, 11) is 1.32. The maximum absolute atomic E-state index is 2.28. The first-order valence-corrected chi connectivity index (χ1v) is 4.45. The number of hydrogen-bond acceptors (Lipinski definition) is 0. The van der Waals surface area contributed by atoms with Crippen LogP contribution < -0.4 is 0 Å². The topological polar surface area (TPSA) is 0 Å². The molecule has 0 aromatic rings. The molecule has 2 unspecified atom stereocenters. The van der Waals surface area contributed by atoms with Gasteiger partial charge in [-0.15, -0.1) is 8.58 Å². The Bertz CT molecular complexity index is 48.1. The molecule has 0 spiro atoms. The van der Waals surface area contributed by atoms with E-state index in [1.54, 1.807) is 0 Å². The third-order valence-corrected chi connectivity index (χ3v) is 3.29. The van der Waals surface area contributed by atoms with Gasteiger partial charge in [-0.05, 0) is 24.7 Å². The van der Waals surface area contributed by atoms with Gasteiger partial charge >= 0.3 is 0 Å².